The molecule has 0 aromatic heterocycles. The van der Waals surface area contributed by atoms with Crippen molar-refractivity contribution in [1.29, 1.82) is 0 Å². The van der Waals surface area contributed by atoms with E-state index in [4.69, 9.17) is 15.9 Å². The minimum absolute atomic E-state index is 0.114. The molecule has 0 aliphatic carbocycles. The van der Waals surface area contributed by atoms with Crippen LogP contribution < -0.4 is 14.9 Å². The highest BCUT2D eigenvalue weighted by Gasteiger charge is 2.02. The van der Waals surface area contributed by atoms with Crippen LogP contribution in [0.15, 0.2) is 59.7 Å². The van der Waals surface area contributed by atoms with Crippen molar-refractivity contribution in [2.45, 2.75) is 0 Å². The highest BCUT2D eigenvalue weighted by Crippen LogP contribution is 2.15. The molecular weight excluding hydrogens is 292 g/mol. The van der Waals surface area contributed by atoms with Gasteiger partial charge in [-0.25, -0.2) is 5.43 Å². The highest BCUT2D eigenvalue weighted by atomic mass is 16.5. The summed E-state index contributed by atoms with van der Waals surface area (Å²) in [5.74, 6) is 3.27. The second kappa shape index (κ2) is 8.90. The summed E-state index contributed by atoms with van der Waals surface area (Å²) < 4.78 is 10.7. The molecule has 1 N–H and O–H groups in total. The summed E-state index contributed by atoms with van der Waals surface area (Å²) in [6, 6.07) is 16.3. The molecule has 0 radical (unpaired) electrons. The summed E-state index contributed by atoms with van der Waals surface area (Å²) in [5, 5.41) is 3.89. The van der Waals surface area contributed by atoms with Crippen molar-refractivity contribution < 1.29 is 14.3 Å². The van der Waals surface area contributed by atoms with Crippen molar-refractivity contribution >= 4 is 12.1 Å². The standard InChI is InChI=1S/C18H16N2O3/c1-2-12-22-17-11-7-6-8-15(17)13-19-20-18(21)14-23-16-9-4-3-5-10-16/h1,3-11,13H,12,14H2,(H,20,21)/b19-13-. The lowest BCUT2D eigenvalue weighted by Gasteiger charge is -2.06. The molecule has 0 saturated carbocycles. The zero-order valence-corrected chi connectivity index (χ0v) is 12.4. The lowest BCUT2D eigenvalue weighted by atomic mass is 10.2. The third-order valence-corrected chi connectivity index (χ3v) is 2.74. The SMILES string of the molecule is C#CCOc1ccccc1/C=N\NC(=O)COc1ccccc1. The predicted molar refractivity (Wildman–Crippen MR) is 88.4 cm³/mol. The minimum Gasteiger partial charge on any atom is -0.484 e. The van der Waals surface area contributed by atoms with E-state index in [1.807, 2.05) is 36.4 Å². The maximum atomic E-state index is 11.7. The summed E-state index contributed by atoms with van der Waals surface area (Å²) in [4.78, 5) is 11.7. The summed E-state index contributed by atoms with van der Waals surface area (Å²) in [5.41, 5.74) is 3.11. The number of nitrogens with zero attached hydrogens (tertiary/aromatic N) is 1. The van der Waals surface area contributed by atoms with Crippen LogP contribution >= 0.6 is 0 Å². The van der Waals surface area contributed by atoms with Gasteiger partial charge in [0.05, 0.1) is 6.21 Å². The fourth-order valence-electron chi connectivity index (χ4n) is 1.71. The van der Waals surface area contributed by atoms with E-state index in [1.165, 1.54) is 6.21 Å². The molecule has 0 fully saturated rings. The van der Waals surface area contributed by atoms with Crippen molar-refractivity contribution in [2.24, 2.45) is 5.10 Å². The van der Waals surface area contributed by atoms with Crippen LogP contribution in [-0.4, -0.2) is 25.3 Å². The zero-order valence-electron chi connectivity index (χ0n) is 12.4. The lowest BCUT2D eigenvalue weighted by molar-refractivity contribution is -0.123. The Labute approximate surface area is 134 Å². The van der Waals surface area contributed by atoms with Gasteiger partial charge < -0.3 is 9.47 Å². The second-order valence-corrected chi connectivity index (χ2v) is 4.43. The van der Waals surface area contributed by atoms with Crippen molar-refractivity contribution in [1.82, 2.24) is 5.43 Å². The Balaban J connectivity index is 1.84. The summed E-state index contributed by atoms with van der Waals surface area (Å²) >= 11 is 0. The molecule has 2 aromatic rings. The molecule has 0 saturated heterocycles. The van der Waals surface area contributed by atoms with Gasteiger partial charge in [0.2, 0.25) is 0 Å². The van der Waals surface area contributed by atoms with Gasteiger partial charge in [-0.1, -0.05) is 36.3 Å². The van der Waals surface area contributed by atoms with Crippen molar-refractivity contribution in [2.75, 3.05) is 13.2 Å². The first-order valence-electron chi connectivity index (χ1n) is 6.94. The van der Waals surface area contributed by atoms with Gasteiger partial charge in [-0.05, 0) is 24.3 Å². The first-order chi connectivity index (χ1) is 11.3. The van der Waals surface area contributed by atoms with E-state index in [0.29, 0.717) is 17.1 Å². The van der Waals surface area contributed by atoms with Gasteiger partial charge in [0.1, 0.15) is 18.1 Å². The molecule has 0 unspecified atom stereocenters. The number of hydrogen-bond donors (Lipinski definition) is 1. The first-order valence-corrected chi connectivity index (χ1v) is 6.94. The van der Waals surface area contributed by atoms with Crippen LogP contribution in [0.5, 0.6) is 11.5 Å². The minimum atomic E-state index is -0.355. The third-order valence-electron chi connectivity index (χ3n) is 2.74. The molecule has 116 valence electrons. The fraction of sp³-hybridized carbons (Fsp3) is 0.111. The van der Waals surface area contributed by atoms with Gasteiger partial charge in [0.25, 0.3) is 5.91 Å². The average Bonchev–Trinajstić information content (AvgIpc) is 2.60. The number of benzene rings is 2. The van der Waals surface area contributed by atoms with E-state index >= 15 is 0 Å². The van der Waals surface area contributed by atoms with Crippen LogP contribution in [0.2, 0.25) is 0 Å². The molecule has 5 nitrogen and oxygen atoms in total. The molecule has 2 aromatic carbocycles. The number of carbonyl (C=O) groups excluding carboxylic acids is 1. The van der Waals surface area contributed by atoms with E-state index in [9.17, 15) is 4.79 Å². The van der Waals surface area contributed by atoms with E-state index in [-0.39, 0.29) is 19.1 Å². The normalized spacial score (nSPS) is 10.0. The number of ether oxygens (including phenoxy) is 2. The molecule has 0 aliphatic rings. The number of hydrazone groups is 1. The summed E-state index contributed by atoms with van der Waals surface area (Å²) in [6.07, 6.45) is 6.66. The third kappa shape index (κ3) is 5.56. The molecule has 0 spiro atoms. The van der Waals surface area contributed by atoms with E-state index < -0.39 is 0 Å². The Bertz CT molecular complexity index is 706. The topological polar surface area (TPSA) is 59.9 Å². The van der Waals surface area contributed by atoms with E-state index in [0.717, 1.165) is 0 Å². The molecule has 5 heteroatoms. The molecule has 0 bridgehead atoms. The highest BCUT2D eigenvalue weighted by molar-refractivity contribution is 5.85. The number of carbonyl (C=O) groups is 1. The number of nitrogens with one attached hydrogen (secondary N) is 1. The molecule has 0 aliphatic heterocycles. The van der Waals surface area contributed by atoms with Crippen LogP contribution in [0.3, 0.4) is 0 Å². The number of para-hydroxylation sites is 2. The molecule has 2 rings (SSSR count). The van der Waals surface area contributed by atoms with Crippen LogP contribution in [0.1, 0.15) is 5.56 Å². The van der Waals surface area contributed by atoms with Gasteiger partial charge in [-0.3, -0.25) is 4.79 Å². The quantitative estimate of drug-likeness (QED) is 0.485. The number of hydrogen-bond acceptors (Lipinski definition) is 4. The van der Waals surface area contributed by atoms with Crippen molar-refractivity contribution in [3.63, 3.8) is 0 Å². The number of amides is 1. The van der Waals surface area contributed by atoms with Gasteiger partial charge >= 0.3 is 0 Å². The van der Waals surface area contributed by atoms with Crippen LogP contribution in [0, 0.1) is 12.3 Å². The van der Waals surface area contributed by atoms with Crippen LogP contribution in [0.4, 0.5) is 0 Å². The Hall–Kier alpha value is -3.26. The predicted octanol–water partition coefficient (Wildman–Crippen LogP) is 2.23. The summed E-state index contributed by atoms with van der Waals surface area (Å²) in [7, 11) is 0. The largest absolute Gasteiger partial charge is 0.484 e. The van der Waals surface area contributed by atoms with Crippen molar-refractivity contribution in [3.8, 4) is 23.8 Å². The van der Waals surface area contributed by atoms with Gasteiger partial charge in [0, 0.05) is 5.56 Å². The number of terminal acetylenes is 1. The van der Waals surface area contributed by atoms with Crippen LogP contribution in [0.25, 0.3) is 0 Å². The lowest BCUT2D eigenvalue weighted by Crippen LogP contribution is -2.24. The fourth-order valence-corrected chi connectivity index (χ4v) is 1.71. The smallest absolute Gasteiger partial charge is 0.277 e. The van der Waals surface area contributed by atoms with Gasteiger partial charge in [-0.2, -0.15) is 5.10 Å². The Morgan fingerprint density at radius 2 is 1.87 bits per heavy atom. The average molecular weight is 308 g/mol. The molecule has 0 atom stereocenters. The molecule has 1 amide bonds. The molecule has 23 heavy (non-hydrogen) atoms. The maximum absolute atomic E-state index is 11.7. The van der Waals surface area contributed by atoms with Crippen LogP contribution in [-0.2, 0) is 4.79 Å². The maximum Gasteiger partial charge on any atom is 0.277 e. The van der Waals surface area contributed by atoms with E-state index in [2.05, 4.69) is 16.4 Å². The summed E-state index contributed by atoms with van der Waals surface area (Å²) in [6.45, 7) is 0.0543. The Kier molecular flexibility index (Phi) is 6.24. The molecular formula is C18H16N2O3. The van der Waals surface area contributed by atoms with Gasteiger partial charge in [-0.15, -0.1) is 6.42 Å². The van der Waals surface area contributed by atoms with Crippen molar-refractivity contribution in [3.05, 3.63) is 60.2 Å². The number of rotatable bonds is 7. The van der Waals surface area contributed by atoms with Gasteiger partial charge in [0.15, 0.2) is 6.61 Å². The second-order valence-electron chi connectivity index (χ2n) is 4.43. The first kappa shape index (κ1) is 16.1. The van der Waals surface area contributed by atoms with E-state index in [1.54, 1.807) is 18.2 Å². The Morgan fingerprint density at radius 3 is 2.65 bits per heavy atom. The molecule has 0 heterocycles. The Morgan fingerprint density at radius 1 is 1.13 bits per heavy atom. The zero-order chi connectivity index (χ0) is 16.3. The monoisotopic (exact) mass is 308 g/mol.